The zero-order valence-corrected chi connectivity index (χ0v) is 17.5. The molecule has 0 saturated carbocycles. The van der Waals surface area contributed by atoms with Crippen LogP contribution in [-0.2, 0) is 16.0 Å². The predicted octanol–water partition coefficient (Wildman–Crippen LogP) is 5.14. The fourth-order valence-electron chi connectivity index (χ4n) is 2.59. The fraction of sp³-hybridized carbons (Fsp3) is 0.0588. The first-order valence-electron chi connectivity index (χ1n) is 7.73. The summed E-state index contributed by atoms with van der Waals surface area (Å²) in [5, 5.41) is 12.4. The minimum atomic E-state index is -4.72. The Balaban J connectivity index is 2.26. The predicted molar refractivity (Wildman–Crippen MR) is 105 cm³/mol. The van der Waals surface area contributed by atoms with Crippen LogP contribution in [0.15, 0.2) is 46.2 Å². The van der Waals surface area contributed by atoms with Crippen LogP contribution >= 0.6 is 34.8 Å². The van der Waals surface area contributed by atoms with Crippen LogP contribution in [0.4, 0.5) is 19.0 Å². The molecule has 0 spiro atoms. The highest BCUT2D eigenvalue weighted by molar-refractivity contribution is 7.91. The average molecular weight is 496 g/mol. The number of aromatic nitrogens is 2. The van der Waals surface area contributed by atoms with Gasteiger partial charge in [0.25, 0.3) is 0 Å². The van der Waals surface area contributed by atoms with E-state index in [4.69, 9.17) is 40.5 Å². The molecule has 156 valence electrons. The molecule has 13 heteroatoms. The quantitative estimate of drug-likeness (QED) is 0.542. The maximum Gasteiger partial charge on any atom is 0.416 e. The van der Waals surface area contributed by atoms with Crippen molar-refractivity contribution >= 4 is 50.5 Å². The molecule has 0 radical (unpaired) electrons. The van der Waals surface area contributed by atoms with E-state index < -0.39 is 48.0 Å². The molecule has 0 saturated heterocycles. The van der Waals surface area contributed by atoms with Crippen molar-refractivity contribution in [3.8, 4) is 11.8 Å². The van der Waals surface area contributed by atoms with Gasteiger partial charge in [-0.3, -0.25) is 0 Å². The Morgan fingerprint density at radius 1 is 1.07 bits per heavy atom. The number of nitrogens with zero attached hydrogens (tertiary/aromatic N) is 3. The van der Waals surface area contributed by atoms with Crippen molar-refractivity contribution in [2.45, 2.75) is 16.0 Å². The molecule has 2 N–H and O–H groups in total. The fourth-order valence-corrected chi connectivity index (χ4v) is 4.79. The van der Waals surface area contributed by atoms with Gasteiger partial charge in [-0.15, -0.1) is 0 Å². The molecular formula is C17H8Cl3F3N4O2S. The highest BCUT2D eigenvalue weighted by atomic mass is 35.5. The third-order valence-corrected chi connectivity index (χ3v) is 6.59. The number of nitrogen functional groups attached to an aromatic ring is 1. The first kappa shape index (κ1) is 22.2. The third kappa shape index (κ3) is 3.81. The summed E-state index contributed by atoms with van der Waals surface area (Å²) in [6.07, 6.45) is -4.72. The molecule has 0 unspecified atom stereocenters. The lowest BCUT2D eigenvalue weighted by molar-refractivity contribution is -0.137. The lowest BCUT2D eigenvalue weighted by Crippen LogP contribution is -2.10. The minimum Gasteiger partial charge on any atom is -0.382 e. The van der Waals surface area contributed by atoms with E-state index in [1.165, 1.54) is 24.3 Å². The van der Waals surface area contributed by atoms with Crippen molar-refractivity contribution in [2.24, 2.45) is 0 Å². The summed E-state index contributed by atoms with van der Waals surface area (Å²) in [4.78, 5) is -0.862. The average Bonchev–Trinajstić information content (AvgIpc) is 2.98. The second-order valence-corrected chi connectivity index (χ2v) is 8.97. The van der Waals surface area contributed by atoms with E-state index in [0.29, 0.717) is 16.8 Å². The Labute approximate surface area is 183 Å². The molecule has 0 bridgehead atoms. The Kier molecular flexibility index (Phi) is 5.68. The van der Waals surface area contributed by atoms with Crippen molar-refractivity contribution < 1.29 is 21.6 Å². The van der Waals surface area contributed by atoms with E-state index in [1.54, 1.807) is 6.07 Å². The minimum absolute atomic E-state index is 0.223. The van der Waals surface area contributed by atoms with Gasteiger partial charge in [0.15, 0.2) is 10.6 Å². The monoisotopic (exact) mass is 494 g/mol. The molecule has 0 amide bonds. The van der Waals surface area contributed by atoms with Gasteiger partial charge in [0.1, 0.15) is 17.6 Å². The standard InChI is InChI=1S/C17H8Cl3F3N4O2S/c18-9-1-3-10(4-2-9)30(28,29)15-13(7-24)26-27(16(15)25)14-11(19)5-8(6-12(14)20)17(21,22)23/h1-6H,25H2. The van der Waals surface area contributed by atoms with Crippen LogP contribution in [0, 0.1) is 11.3 Å². The van der Waals surface area contributed by atoms with Crippen LogP contribution in [0.25, 0.3) is 5.69 Å². The summed E-state index contributed by atoms with van der Waals surface area (Å²) in [6.45, 7) is 0. The highest BCUT2D eigenvalue weighted by Crippen LogP contribution is 2.40. The number of nitriles is 1. The number of anilines is 1. The molecule has 0 atom stereocenters. The van der Waals surface area contributed by atoms with E-state index in [-0.39, 0.29) is 15.6 Å². The van der Waals surface area contributed by atoms with E-state index in [9.17, 15) is 26.9 Å². The Bertz CT molecular complexity index is 1270. The molecule has 3 aromatic rings. The second-order valence-electron chi connectivity index (χ2n) is 5.83. The number of halogens is 6. The molecule has 0 aliphatic heterocycles. The van der Waals surface area contributed by atoms with Crippen molar-refractivity contribution in [1.29, 1.82) is 5.26 Å². The number of nitrogens with two attached hydrogens (primary N) is 1. The molecule has 30 heavy (non-hydrogen) atoms. The van der Waals surface area contributed by atoms with Crippen LogP contribution in [0.2, 0.25) is 15.1 Å². The van der Waals surface area contributed by atoms with Crippen LogP contribution in [-0.4, -0.2) is 18.2 Å². The lowest BCUT2D eigenvalue weighted by atomic mass is 10.2. The van der Waals surface area contributed by atoms with Crippen LogP contribution < -0.4 is 5.73 Å². The van der Waals surface area contributed by atoms with E-state index >= 15 is 0 Å². The smallest absolute Gasteiger partial charge is 0.382 e. The highest BCUT2D eigenvalue weighted by Gasteiger charge is 2.34. The third-order valence-electron chi connectivity index (χ3n) is 3.93. The number of sulfone groups is 1. The van der Waals surface area contributed by atoms with E-state index in [0.717, 1.165) is 0 Å². The second kappa shape index (κ2) is 7.67. The molecule has 6 nitrogen and oxygen atoms in total. The summed E-state index contributed by atoms with van der Waals surface area (Å²) in [5.41, 5.74) is 3.91. The topological polar surface area (TPSA) is 102 Å². The molecule has 0 aliphatic rings. The summed E-state index contributed by atoms with van der Waals surface area (Å²) in [7, 11) is -4.33. The van der Waals surface area contributed by atoms with Crippen LogP contribution in [0.3, 0.4) is 0 Å². The normalized spacial score (nSPS) is 12.0. The van der Waals surface area contributed by atoms with Gasteiger partial charge < -0.3 is 5.73 Å². The largest absolute Gasteiger partial charge is 0.416 e. The maximum atomic E-state index is 13.0. The van der Waals surface area contributed by atoms with Gasteiger partial charge in [0, 0.05) is 5.02 Å². The number of hydrogen-bond donors (Lipinski definition) is 1. The van der Waals surface area contributed by atoms with Crippen molar-refractivity contribution in [1.82, 2.24) is 9.78 Å². The first-order chi connectivity index (χ1) is 13.9. The molecule has 2 aromatic carbocycles. The van der Waals surface area contributed by atoms with Crippen LogP contribution in [0.5, 0.6) is 0 Å². The molecule has 3 rings (SSSR count). The Morgan fingerprint density at radius 2 is 1.60 bits per heavy atom. The maximum absolute atomic E-state index is 13.0. The van der Waals surface area contributed by atoms with Crippen molar-refractivity contribution in [3.05, 3.63) is 62.7 Å². The Hall–Kier alpha value is -2.45. The van der Waals surface area contributed by atoms with Gasteiger partial charge in [-0.05, 0) is 36.4 Å². The van der Waals surface area contributed by atoms with Gasteiger partial charge >= 0.3 is 6.18 Å². The zero-order chi connectivity index (χ0) is 22.4. The van der Waals surface area contributed by atoms with Gasteiger partial charge in [0.05, 0.1) is 20.5 Å². The van der Waals surface area contributed by atoms with E-state index in [2.05, 4.69) is 5.10 Å². The Morgan fingerprint density at radius 3 is 2.07 bits per heavy atom. The van der Waals surface area contributed by atoms with Gasteiger partial charge in [0.2, 0.25) is 9.84 Å². The number of rotatable bonds is 3. The van der Waals surface area contributed by atoms with Gasteiger partial charge in [-0.25, -0.2) is 13.1 Å². The first-order valence-corrected chi connectivity index (χ1v) is 10.4. The van der Waals surface area contributed by atoms with Crippen molar-refractivity contribution in [3.63, 3.8) is 0 Å². The SMILES string of the molecule is N#Cc1nn(-c2c(Cl)cc(C(F)(F)F)cc2Cl)c(N)c1S(=O)(=O)c1ccc(Cl)cc1. The number of benzene rings is 2. The molecule has 1 aromatic heterocycles. The lowest BCUT2D eigenvalue weighted by Gasteiger charge is -2.13. The number of hydrogen-bond acceptors (Lipinski definition) is 5. The van der Waals surface area contributed by atoms with Gasteiger partial charge in [-0.2, -0.15) is 23.5 Å². The van der Waals surface area contributed by atoms with Crippen LogP contribution in [0.1, 0.15) is 11.3 Å². The van der Waals surface area contributed by atoms with Gasteiger partial charge in [-0.1, -0.05) is 34.8 Å². The number of alkyl halides is 3. The molecule has 1 heterocycles. The summed E-state index contributed by atoms with van der Waals surface area (Å²) in [5.74, 6) is -0.551. The van der Waals surface area contributed by atoms with Crippen molar-refractivity contribution in [2.75, 3.05) is 5.73 Å². The summed E-state index contributed by atoms with van der Waals surface area (Å²) >= 11 is 17.7. The molecule has 0 aliphatic carbocycles. The summed E-state index contributed by atoms with van der Waals surface area (Å²) in [6, 6.07) is 7.83. The molecular weight excluding hydrogens is 488 g/mol. The molecule has 0 fully saturated rings. The summed E-state index contributed by atoms with van der Waals surface area (Å²) < 4.78 is 65.6. The zero-order valence-electron chi connectivity index (χ0n) is 14.4. The van der Waals surface area contributed by atoms with E-state index in [1.807, 2.05) is 0 Å².